The molecule has 0 bridgehead atoms. The Bertz CT molecular complexity index is 890. The maximum absolute atomic E-state index is 12.8. The average Bonchev–Trinajstić information content (AvgIpc) is 2.72. The largest absolute Gasteiger partial charge is 0.714 e. The second kappa shape index (κ2) is 5.61. The van der Waals surface area contributed by atoms with Crippen molar-refractivity contribution in [2.45, 2.75) is 38.8 Å². The van der Waals surface area contributed by atoms with Crippen molar-refractivity contribution in [3.05, 3.63) is 64.9 Å². The number of amidine groups is 1. The Morgan fingerprint density at radius 3 is 2.12 bits per heavy atom. The first kappa shape index (κ1) is 17.0. The molecule has 5 nitrogen and oxygen atoms in total. The lowest BCUT2D eigenvalue weighted by Gasteiger charge is -2.32. The van der Waals surface area contributed by atoms with Crippen LogP contribution in [0.4, 0.5) is 0 Å². The predicted octanol–water partition coefficient (Wildman–Crippen LogP) is 3.70. The van der Waals surface area contributed by atoms with E-state index in [-0.39, 0.29) is 5.84 Å². The minimum atomic E-state index is -0.839. The van der Waals surface area contributed by atoms with E-state index in [0.29, 0.717) is 11.1 Å². The summed E-state index contributed by atoms with van der Waals surface area (Å²) in [5, 5.41) is 35.3. The third-order valence-electron chi connectivity index (χ3n) is 5.37. The lowest BCUT2D eigenvalue weighted by atomic mass is 9.84. The first-order chi connectivity index (χ1) is 11.7. The zero-order valence-electron chi connectivity index (χ0n) is 14.8. The molecule has 0 unspecified atom stereocenters. The maximum Gasteiger partial charge on any atom is 0.316 e. The zero-order chi connectivity index (χ0) is 18.4. The summed E-state index contributed by atoms with van der Waals surface area (Å²) in [7, 11) is 0. The minimum absolute atomic E-state index is 0.130. The van der Waals surface area contributed by atoms with Crippen molar-refractivity contribution in [1.29, 1.82) is 5.26 Å². The van der Waals surface area contributed by atoms with Gasteiger partial charge in [0.05, 0.1) is 17.2 Å². The van der Waals surface area contributed by atoms with E-state index in [4.69, 9.17) is 5.26 Å². The van der Waals surface area contributed by atoms with Crippen LogP contribution < -0.4 is 0 Å². The molecule has 1 aliphatic rings. The third kappa shape index (κ3) is 2.46. The standard InChI is InChI=1S/C20H20N3O2/c1-19(2)20(3,4)23(25)18(22(19)24)17-7-5-6-16(12-17)15-10-8-14(13-21)9-11-15/h5-12H,1-4H3. The van der Waals surface area contributed by atoms with Gasteiger partial charge in [0, 0.05) is 5.21 Å². The second-order valence-corrected chi connectivity index (χ2v) is 7.30. The van der Waals surface area contributed by atoms with Crippen molar-refractivity contribution in [2.75, 3.05) is 0 Å². The molecule has 0 atom stereocenters. The first-order valence-corrected chi connectivity index (χ1v) is 8.13. The van der Waals surface area contributed by atoms with Gasteiger partial charge in [-0.05, 0) is 63.1 Å². The van der Waals surface area contributed by atoms with E-state index >= 15 is 0 Å². The topological polar surface area (TPSA) is 73.0 Å². The molecular weight excluding hydrogens is 314 g/mol. The second-order valence-electron chi connectivity index (χ2n) is 7.30. The first-order valence-electron chi connectivity index (χ1n) is 8.13. The highest BCUT2D eigenvalue weighted by Crippen LogP contribution is 2.37. The molecule has 0 N–H and O–H groups in total. The van der Waals surface area contributed by atoms with Crippen LogP contribution in [0.1, 0.15) is 38.8 Å². The SMILES string of the molecule is CC1(C)N([O])C(c2cccc(-c3ccc(C#N)cc3)c2)=[N+]([O-])C1(C)C. The van der Waals surface area contributed by atoms with Crippen LogP contribution in [0.2, 0.25) is 0 Å². The fourth-order valence-corrected chi connectivity index (χ4v) is 2.92. The van der Waals surface area contributed by atoms with Crippen molar-refractivity contribution in [3.8, 4) is 17.2 Å². The quantitative estimate of drug-likeness (QED) is 0.621. The molecule has 0 fully saturated rings. The van der Waals surface area contributed by atoms with Gasteiger partial charge in [-0.15, -0.1) is 0 Å². The molecule has 2 aromatic rings. The van der Waals surface area contributed by atoms with Gasteiger partial charge < -0.3 is 5.21 Å². The van der Waals surface area contributed by atoms with E-state index in [1.807, 2.05) is 30.3 Å². The highest BCUT2D eigenvalue weighted by molar-refractivity contribution is 5.97. The monoisotopic (exact) mass is 334 g/mol. The molecule has 2 aromatic carbocycles. The summed E-state index contributed by atoms with van der Waals surface area (Å²) in [5.41, 5.74) is 1.31. The van der Waals surface area contributed by atoms with E-state index in [0.717, 1.165) is 20.9 Å². The smallest absolute Gasteiger partial charge is 0.316 e. The van der Waals surface area contributed by atoms with Crippen molar-refractivity contribution < 1.29 is 9.95 Å². The van der Waals surface area contributed by atoms with Gasteiger partial charge in [-0.25, -0.2) is 0 Å². The molecule has 1 radical (unpaired) electrons. The molecule has 1 aliphatic heterocycles. The van der Waals surface area contributed by atoms with Crippen LogP contribution in [0.5, 0.6) is 0 Å². The van der Waals surface area contributed by atoms with Gasteiger partial charge in [0.2, 0.25) is 0 Å². The molecule has 1 heterocycles. The van der Waals surface area contributed by atoms with Gasteiger partial charge in [0.25, 0.3) is 0 Å². The van der Waals surface area contributed by atoms with Crippen LogP contribution in [0, 0.1) is 16.5 Å². The lowest BCUT2D eigenvalue weighted by Crippen LogP contribution is -2.53. The number of hydrogen-bond donors (Lipinski definition) is 0. The molecule has 0 aromatic heterocycles. The summed E-state index contributed by atoms with van der Waals surface area (Å²) in [5.74, 6) is 0.130. The number of hydroxylamine groups is 3. The van der Waals surface area contributed by atoms with Gasteiger partial charge in [-0.2, -0.15) is 5.26 Å². The van der Waals surface area contributed by atoms with Crippen LogP contribution in [-0.2, 0) is 5.21 Å². The van der Waals surface area contributed by atoms with E-state index in [1.54, 1.807) is 45.9 Å². The Kier molecular flexibility index (Phi) is 3.81. The number of nitrogens with zero attached hydrogens (tertiary/aromatic N) is 3. The number of benzene rings is 2. The summed E-state index contributed by atoms with van der Waals surface area (Å²) >= 11 is 0. The summed E-state index contributed by atoms with van der Waals surface area (Å²) in [6, 6.07) is 16.7. The summed E-state index contributed by atoms with van der Waals surface area (Å²) in [6.07, 6.45) is 0. The zero-order valence-corrected chi connectivity index (χ0v) is 14.8. The molecule has 3 rings (SSSR count). The van der Waals surface area contributed by atoms with Gasteiger partial charge in [-0.3, -0.25) is 4.74 Å². The molecule has 127 valence electrons. The van der Waals surface area contributed by atoms with Crippen molar-refractivity contribution in [2.24, 2.45) is 0 Å². The molecular formula is C20H20N3O2. The minimum Gasteiger partial charge on any atom is -0.714 e. The Hall–Kier alpha value is -2.84. The number of hydrogen-bond acceptors (Lipinski definition) is 3. The summed E-state index contributed by atoms with van der Waals surface area (Å²) in [4.78, 5) is 0. The fourth-order valence-electron chi connectivity index (χ4n) is 2.92. The average molecular weight is 334 g/mol. The highest BCUT2D eigenvalue weighted by atomic mass is 16.5. The van der Waals surface area contributed by atoms with Crippen LogP contribution >= 0.6 is 0 Å². The van der Waals surface area contributed by atoms with Crippen LogP contribution in [0.15, 0.2) is 48.5 Å². The molecule has 0 spiro atoms. The van der Waals surface area contributed by atoms with E-state index in [9.17, 15) is 10.4 Å². The summed E-state index contributed by atoms with van der Waals surface area (Å²) < 4.78 is 0.817. The molecule has 0 saturated heterocycles. The molecule has 0 aliphatic carbocycles. The summed E-state index contributed by atoms with van der Waals surface area (Å²) in [6.45, 7) is 7.12. The van der Waals surface area contributed by atoms with Crippen molar-refractivity contribution in [1.82, 2.24) is 5.06 Å². The molecule has 0 amide bonds. The Morgan fingerprint density at radius 1 is 1.00 bits per heavy atom. The Balaban J connectivity index is 2.08. The van der Waals surface area contributed by atoms with Crippen molar-refractivity contribution in [3.63, 3.8) is 0 Å². The van der Waals surface area contributed by atoms with Crippen LogP contribution in [0.3, 0.4) is 0 Å². The van der Waals surface area contributed by atoms with Gasteiger partial charge in [0.15, 0.2) is 5.54 Å². The van der Waals surface area contributed by atoms with Gasteiger partial charge in [0.1, 0.15) is 5.54 Å². The molecule has 5 heteroatoms. The number of rotatable bonds is 2. The Labute approximate surface area is 147 Å². The van der Waals surface area contributed by atoms with Gasteiger partial charge >= 0.3 is 5.84 Å². The lowest BCUT2D eigenvalue weighted by molar-refractivity contribution is -0.539. The maximum atomic E-state index is 12.8. The van der Waals surface area contributed by atoms with E-state index in [1.165, 1.54) is 0 Å². The number of nitriles is 1. The van der Waals surface area contributed by atoms with Crippen molar-refractivity contribution >= 4 is 5.84 Å². The Morgan fingerprint density at radius 2 is 1.60 bits per heavy atom. The molecule has 0 saturated carbocycles. The highest BCUT2D eigenvalue weighted by Gasteiger charge is 2.59. The van der Waals surface area contributed by atoms with Gasteiger partial charge in [-0.1, -0.05) is 29.3 Å². The van der Waals surface area contributed by atoms with E-state index in [2.05, 4.69) is 6.07 Å². The predicted molar refractivity (Wildman–Crippen MR) is 95.0 cm³/mol. The normalized spacial score (nSPS) is 18.3. The third-order valence-corrected chi connectivity index (χ3v) is 5.37. The van der Waals surface area contributed by atoms with Crippen LogP contribution in [0.25, 0.3) is 11.1 Å². The van der Waals surface area contributed by atoms with Crippen LogP contribution in [-0.4, -0.2) is 26.7 Å². The van der Waals surface area contributed by atoms with E-state index < -0.39 is 11.1 Å². The molecule has 25 heavy (non-hydrogen) atoms. The fraction of sp³-hybridized carbons (Fsp3) is 0.300.